The minimum Gasteiger partial charge on any atom is -0.497 e. The number of carbonyl (C=O) groups is 2. The van der Waals surface area contributed by atoms with Crippen LogP contribution in [-0.4, -0.2) is 18.9 Å². The number of ether oxygens (including phenoxy) is 1. The summed E-state index contributed by atoms with van der Waals surface area (Å²) in [6.07, 6.45) is 1.50. The van der Waals surface area contributed by atoms with Crippen molar-refractivity contribution in [1.82, 2.24) is 0 Å². The predicted molar refractivity (Wildman–Crippen MR) is 93.1 cm³/mol. The normalized spacial score (nSPS) is 16.0. The average Bonchev–Trinajstić information content (AvgIpc) is 2.60. The van der Waals surface area contributed by atoms with Crippen molar-refractivity contribution in [2.24, 2.45) is 5.92 Å². The van der Waals surface area contributed by atoms with Gasteiger partial charge in [0.25, 0.3) is 0 Å². The lowest BCUT2D eigenvalue weighted by Gasteiger charge is -2.24. The number of methoxy groups -OCH3 is 1. The van der Waals surface area contributed by atoms with Crippen molar-refractivity contribution in [3.8, 4) is 5.75 Å². The Labute approximate surface area is 141 Å². The van der Waals surface area contributed by atoms with Crippen LogP contribution in [0.4, 0.5) is 11.4 Å². The van der Waals surface area contributed by atoms with Gasteiger partial charge < -0.3 is 15.4 Å². The number of benzene rings is 2. The highest BCUT2D eigenvalue weighted by Gasteiger charge is 2.26. The van der Waals surface area contributed by atoms with E-state index in [1.807, 2.05) is 42.5 Å². The van der Waals surface area contributed by atoms with Crippen molar-refractivity contribution in [1.29, 1.82) is 0 Å². The fourth-order valence-corrected chi connectivity index (χ4v) is 2.88. The molecule has 0 unspecified atom stereocenters. The zero-order valence-corrected chi connectivity index (χ0v) is 13.5. The smallest absolute Gasteiger partial charge is 0.227 e. The maximum atomic E-state index is 12.2. The summed E-state index contributed by atoms with van der Waals surface area (Å²) in [5.74, 6) is 0.407. The minimum absolute atomic E-state index is 0.0112. The van der Waals surface area contributed by atoms with Crippen LogP contribution in [0.1, 0.15) is 18.4 Å². The molecule has 0 aliphatic carbocycles. The second-order valence-corrected chi connectivity index (χ2v) is 5.87. The van der Waals surface area contributed by atoms with E-state index >= 15 is 0 Å². The molecule has 0 bridgehead atoms. The third kappa shape index (κ3) is 3.74. The summed E-state index contributed by atoms with van der Waals surface area (Å²) in [6.45, 7) is 0. The highest BCUT2D eigenvalue weighted by atomic mass is 16.5. The zero-order valence-electron chi connectivity index (χ0n) is 13.5. The molecule has 0 fully saturated rings. The van der Waals surface area contributed by atoms with E-state index in [4.69, 9.17) is 4.74 Å². The van der Waals surface area contributed by atoms with Crippen LogP contribution in [0.25, 0.3) is 0 Å². The fraction of sp³-hybridized carbons (Fsp3) is 0.263. The van der Waals surface area contributed by atoms with Gasteiger partial charge in [-0.05, 0) is 36.6 Å². The van der Waals surface area contributed by atoms with Crippen molar-refractivity contribution in [2.45, 2.75) is 19.3 Å². The molecular weight excluding hydrogens is 304 g/mol. The van der Waals surface area contributed by atoms with E-state index in [0.717, 1.165) is 11.3 Å². The summed E-state index contributed by atoms with van der Waals surface area (Å²) in [5.41, 5.74) is 2.69. The first kappa shape index (κ1) is 16.1. The summed E-state index contributed by atoms with van der Waals surface area (Å²) < 4.78 is 5.13. The van der Waals surface area contributed by atoms with Crippen molar-refractivity contribution in [2.75, 3.05) is 17.7 Å². The van der Waals surface area contributed by atoms with E-state index < -0.39 is 0 Å². The Morgan fingerprint density at radius 2 is 2.08 bits per heavy atom. The van der Waals surface area contributed by atoms with E-state index in [-0.39, 0.29) is 17.7 Å². The summed E-state index contributed by atoms with van der Waals surface area (Å²) >= 11 is 0. The molecule has 0 aromatic heterocycles. The number of para-hydroxylation sites is 1. The van der Waals surface area contributed by atoms with Crippen LogP contribution in [0.5, 0.6) is 5.75 Å². The molecule has 0 radical (unpaired) electrons. The van der Waals surface area contributed by atoms with Crippen LogP contribution in [0, 0.1) is 5.92 Å². The predicted octanol–water partition coefficient (Wildman–Crippen LogP) is 3.22. The SMILES string of the molecule is COc1cccc(NC(=O)CC[C@H]2Cc3ccccc3NC2=O)c1. The quantitative estimate of drug-likeness (QED) is 0.887. The van der Waals surface area contributed by atoms with Gasteiger partial charge in [0.15, 0.2) is 0 Å². The molecule has 0 spiro atoms. The molecule has 24 heavy (non-hydrogen) atoms. The van der Waals surface area contributed by atoms with Crippen LogP contribution in [0.2, 0.25) is 0 Å². The van der Waals surface area contributed by atoms with Gasteiger partial charge in [-0.3, -0.25) is 9.59 Å². The van der Waals surface area contributed by atoms with Gasteiger partial charge >= 0.3 is 0 Å². The topological polar surface area (TPSA) is 67.4 Å². The van der Waals surface area contributed by atoms with Crippen LogP contribution in [-0.2, 0) is 16.0 Å². The number of rotatable bonds is 5. The van der Waals surface area contributed by atoms with Crippen LogP contribution in [0.3, 0.4) is 0 Å². The van der Waals surface area contributed by atoms with Crippen molar-refractivity contribution in [3.05, 3.63) is 54.1 Å². The second kappa shape index (κ2) is 7.17. The maximum absolute atomic E-state index is 12.2. The molecule has 0 saturated carbocycles. The fourth-order valence-electron chi connectivity index (χ4n) is 2.88. The Bertz CT molecular complexity index is 758. The molecule has 2 amide bonds. The lowest BCUT2D eigenvalue weighted by molar-refractivity contribution is -0.121. The van der Waals surface area contributed by atoms with E-state index in [1.165, 1.54) is 0 Å². The van der Waals surface area contributed by atoms with Gasteiger partial charge in [0, 0.05) is 29.8 Å². The van der Waals surface area contributed by atoms with E-state index in [1.54, 1.807) is 13.2 Å². The van der Waals surface area contributed by atoms with Crippen molar-refractivity contribution in [3.63, 3.8) is 0 Å². The van der Waals surface area contributed by atoms with Gasteiger partial charge in [0.2, 0.25) is 11.8 Å². The van der Waals surface area contributed by atoms with Gasteiger partial charge in [-0.25, -0.2) is 0 Å². The number of hydrogen-bond acceptors (Lipinski definition) is 3. The second-order valence-electron chi connectivity index (χ2n) is 5.87. The first-order valence-corrected chi connectivity index (χ1v) is 7.98. The number of hydrogen-bond donors (Lipinski definition) is 2. The first-order valence-electron chi connectivity index (χ1n) is 7.98. The Morgan fingerprint density at radius 1 is 1.25 bits per heavy atom. The molecule has 3 rings (SSSR count). The van der Waals surface area contributed by atoms with E-state index in [2.05, 4.69) is 10.6 Å². The molecule has 5 nitrogen and oxygen atoms in total. The Hall–Kier alpha value is -2.82. The van der Waals surface area contributed by atoms with E-state index in [0.29, 0.717) is 30.7 Å². The summed E-state index contributed by atoms with van der Waals surface area (Å²) in [4.78, 5) is 24.3. The van der Waals surface area contributed by atoms with Crippen molar-refractivity contribution >= 4 is 23.2 Å². The lowest BCUT2D eigenvalue weighted by Crippen LogP contribution is -2.30. The third-order valence-electron chi connectivity index (χ3n) is 4.19. The summed E-state index contributed by atoms with van der Waals surface area (Å²) in [7, 11) is 1.58. The van der Waals surface area contributed by atoms with E-state index in [9.17, 15) is 9.59 Å². The van der Waals surface area contributed by atoms with Crippen molar-refractivity contribution < 1.29 is 14.3 Å². The highest BCUT2D eigenvalue weighted by molar-refractivity contribution is 5.96. The Balaban J connectivity index is 1.55. The first-order chi connectivity index (χ1) is 11.7. The zero-order chi connectivity index (χ0) is 16.9. The summed E-state index contributed by atoms with van der Waals surface area (Å²) in [5, 5.41) is 5.75. The molecular formula is C19H20N2O3. The number of carbonyl (C=O) groups excluding carboxylic acids is 2. The molecule has 1 aliphatic heterocycles. The molecule has 1 heterocycles. The summed E-state index contributed by atoms with van der Waals surface area (Å²) in [6, 6.07) is 15.0. The monoisotopic (exact) mass is 324 g/mol. The molecule has 1 aliphatic rings. The van der Waals surface area contributed by atoms with Crippen LogP contribution in [0.15, 0.2) is 48.5 Å². The molecule has 5 heteroatoms. The molecule has 124 valence electrons. The maximum Gasteiger partial charge on any atom is 0.227 e. The molecule has 2 N–H and O–H groups in total. The Morgan fingerprint density at radius 3 is 2.92 bits per heavy atom. The standard InChI is InChI=1S/C19H20N2O3/c1-24-16-7-4-6-15(12-16)20-18(22)10-9-14-11-13-5-2-3-8-17(13)21-19(14)23/h2-8,12,14H,9-11H2,1H3,(H,20,22)(H,21,23)/t14-/m0/s1. The lowest BCUT2D eigenvalue weighted by atomic mass is 9.89. The van der Waals surface area contributed by atoms with Gasteiger partial charge in [-0.1, -0.05) is 24.3 Å². The largest absolute Gasteiger partial charge is 0.497 e. The number of anilines is 2. The third-order valence-corrected chi connectivity index (χ3v) is 4.19. The number of amides is 2. The van der Waals surface area contributed by atoms with Crippen LogP contribution >= 0.6 is 0 Å². The van der Waals surface area contributed by atoms with Gasteiger partial charge in [0.05, 0.1) is 7.11 Å². The van der Waals surface area contributed by atoms with Gasteiger partial charge in [0.1, 0.15) is 5.75 Å². The number of nitrogens with one attached hydrogen (secondary N) is 2. The Kier molecular flexibility index (Phi) is 4.79. The molecule has 2 aromatic carbocycles. The minimum atomic E-state index is -0.170. The average molecular weight is 324 g/mol. The number of fused-ring (bicyclic) bond motifs is 1. The molecule has 0 saturated heterocycles. The van der Waals surface area contributed by atoms with Crippen LogP contribution < -0.4 is 15.4 Å². The van der Waals surface area contributed by atoms with Gasteiger partial charge in [-0.2, -0.15) is 0 Å². The van der Waals surface area contributed by atoms with Gasteiger partial charge in [-0.15, -0.1) is 0 Å². The highest BCUT2D eigenvalue weighted by Crippen LogP contribution is 2.27. The molecule has 2 aromatic rings. The molecule has 1 atom stereocenters.